The Kier molecular flexibility index (Phi) is 5.53. The van der Waals surface area contributed by atoms with Crippen LogP contribution in [-0.4, -0.2) is 15.0 Å². The van der Waals surface area contributed by atoms with Gasteiger partial charge in [-0.15, -0.1) is 0 Å². The van der Waals surface area contributed by atoms with Gasteiger partial charge in [0.2, 0.25) is 5.28 Å². The molecule has 2 heterocycles. The van der Waals surface area contributed by atoms with E-state index in [-0.39, 0.29) is 5.28 Å². The topological polar surface area (TPSA) is 38.7 Å². The van der Waals surface area contributed by atoms with Crippen molar-refractivity contribution >= 4 is 22.4 Å². The van der Waals surface area contributed by atoms with Crippen molar-refractivity contribution in [3.05, 3.63) is 127 Å². The van der Waals surface area contributed by atoms with Crippen LogP contribution in [0.3, 0.4) is 0 Å². The second kappa shape index (κ2) is 9.13. The van der Waals surface area contributed by atoms with Gasteiger partial charge in [-0.3, -0.25) is 4.98 Å². The lowest BCUT2D eigenvalue weighted by molar-refractivity contribution is 1.18. The number of aromatic nitrogens is 3. The highest BCUT2D eigenvalue weighted by Gasteiger charge is 2.09. The quantitative estimate of drug-likeness (QED) is 0.243. The van der Waals surface area contributed by atoms with Crippen molar-refractivity contribution < 1.29 is 0 Å². The van der Waals surface area contributed by atoms with E-state index < -0.39 is 0 Å². The van der Waals surface area contributed by atoms with Gasteiger partial charge in [0.1, 0.15) is 0 Å². The van der Waals surface area contributed by atoms with Crippen LogP contribution in [0.15, 0.2) is 122 Å². The van der Waals surface area contributed by atoms with Gasteiger partial charge < -0.3 is 0 Å². The van der Waals surface area contributed by atoms with Crippen LogP contribution >= 0.6 is 11.6 Å². The van der Waals surface area contributed by atoms with Gasteiger partial charge in [0.25, 0.3) is 0 Å². The molecule has 0 N–H and O–H groups in total. The van der Waals surface area contributed by atoms with E-state index in [1.54, 1.807) is 6.20 Å². The fourth-order valence-electron chi connectivity index (χ4n) is 4.28. The van der Waals surface area contributed by atoms with Crippen molar-refractivity contribution in [2.75, 3.05) is 0 Å². The molecule has 0 saturated carbocycles. The van der Waals surface area contributed by atoms with Gasteiger partial charge in [0.05, 0.1) is 11.4 Å². The second-order valence-electron chi connectivity index (χ2n) is 8.37. The largest absolute Gasteiger partial charge is 0.264 e. The molecule has 0 saturated heterocycles. The summed E-state index contributed by atoms with van der Waals surface area (Å²) in [4.78, 5) is 13.2. The van der Waals surface area contributed by atoms with E-state index in [9.17, 15) is 0 Å². The van der Waals surface area contributed by atoms with Crippen molar-refractivity contribution in [2.45, 2.75) is 0 Å². The van der Waals surface area contributed by atoms with E-state index in [1.807, 2.05) is 30.5 Å². The average Bonchev–Trinajstić information content (AvgIpc) is 2.93. The number of hydrogen-bond donors (Lipinski definition) is 0. The molecule has 4 aromatic carbocycles. The minimum absolute atomic E-state index is 0.237. The standard InChI is InChI=1S/C31H20ClN3/c32-31-34-29(19-30(35-31)27-16-13-21-4-1-2-5-26(21)18-27)25-14-11-23(12-15-25)22-7-9-24(10-8-22)28-6-3-17-33-20-28/h1-20H. The number of hydrogen-bond acceptors (Lipinski definition) is 3. The molecule has 0 amide bonds. The van der Waals surface area contributed by atoms with Crippen molar-refractivity contribution in [2.24, 2.45) is 0 Å². The van der Waals surface area contributed by atoms with E-state index in [1.165, 1.54) is 10.8 Å². The summed E-state index contributed by atoms with van der Waals surface area (Å²) in [5.41, 5.74) is 8.16. The zero-order valence-corrected chi connectivity index (χ0v) is 19.5. The van der Waals surface area contributed by atoms with Gasteiger partial charge in [0, 0.05) is 23.5 Å². The summed E-state index contributed by atoms with van der Waals surface area (Å²) in [5, 5.41) is 2.60. The molecule has 0 radical (unpaired) electrons. The first-order valence-corrected chi connectivity index (χ1v) is 11.8. The molecule has 0 fully saturated rings. The summed E-state index contributed by atoms with van der Waals surface area (Å²) in [6, 6.07) is 37.5. The SMILES string of the molecule is Clc1nc(-c2ccc(-c3ccc(-c4cccnc4)cc3)cc2)cc(-c2ccc3ccccc3c2)n1. The molecule has 0 unspecified atom stereocenters. The first kappa shape index (κ1) is 21.2. The lowest BCUT2D eigenvalue weighted by atomic mass is 9.99. The van der Waals surface area contributed by atoms with Crippen LogP contribution in [0.2, 0.25) is 5.28 Å². The van der Waals surface area contributed by atoms with E-state index in [4.69, 9.17) is 11.6 Å². The molecule has 6 aromatic rings. The molecule has 0 aliphatic carbocycles. The van der Waals surface area contributed by atoms with Crippen LogP contribution in [0.4, 0.5) is 0 Å². The fraction of sp³-hybridized carbons (Fsp3) is 0. The van der Waals surface area contributed by atoms with Crippen molar-refractivity contribution in [3.63, 3.8) is 0 Å². The Hall–Kier alpha value is -4.34. The maximum atomic E-state index is 6.33. The fourth-order valence-corrected chi connectivity index (χ4v) is 4.47. The van der Waals surface area contributed by atoms with E-state index in [0.29, 0.717) is 0 Å². The Bertz CT molecular complexity index is 1630. The first-order chi connectivity index (χ1) is 17.2. The molecule has 0 aliphatic heterocycles. The number of fused-ring (bicyclic) bond motifs is 1. The summed E-state index contributed by atoms with van der Waals surface area (Å²) in [6.45, 7) is 0. The summed E-state index contributed by atoms with van der Waals surface area (Å²) in [6.07, 6.45) is 3.66. The predicted octanol–water partition coefficient (Wildman–Crippen LogP) is 8.35. The highest BCUT2D eigenvalue weighted by atomic mass is 35.5. The number of pyridine rings is 1. The minimum atomic E-state index is 0.237. The smallest absolute Gasteiger partial charge is 0.223 e. The Morgan fingerprint density at radius 1 is 0.457 bits per heavy atom. The van der Waals surface area contributed by atoms with Crippen LogP contribution in [0.5, 0.6) is 0 Å². The number of halogens is 1. The maximum absolute atomic E-state index is 6.33. The van der Waals surface area contributed by atoms with E-state index in [2.05, 4.69) is 99.9 Å². The van der Waals surface area contributed by atoms with Crippen LogP contribution in [0.25, 0.3) is 55.5 Å². The van der Waals surface area contributed by atoms with Gasteiger partial charge in [-0.05, 0) is 62.8 Å². The van der Waals surface area contributed by atoms with E-state index >= 15 is 0 Å². The van der Waals surface area contributed by atoms with Crippen LogP contribution in [-0.2, 0) is 0 Å². The number of nitrogens with zero attached hydrogens (tertiary/aromatic N) is 3. The van der Waals surface area contributed by atoms with Crippen LogP contribution in [0.1, 0.15) is 0 Å². The van der Waals surface area contributed by atoms with Crippen LogP contribution in [0, 0.1) is 0 Å². The third-order valence-electron chi connectivity index (χ3n) is 6.14. The van der Waals surface area contributed by atoms with E-state index in [0.717, 1.165) is 44.8 Å². The van der Waals surface area contributed by atoms with Gasteiger partial charge in [-0.25, -0.2) is 9.97 Å². The summed E-state index contributed by atoms with van der Waals surface area (Å²) in [7, 11) is 0. The Morgan fingerprint density at radius 2 is 1.03 bits per heavy atom. The summed E-state index contributed by atoms with van der Waals surface area (Å²) in [5.74, 6) is 0. The maximum Gasteiger partial charge on any atom is 0.223 e. The van der Waals surface area contributed by atoms with Gasteiger partial charge >= 0.3 is 0 Å². The third kappa shape index (κ3) is 4.42. The Labute approximate surface area is 208 Å². The molecular formula is C31H20ClN3. The normalized spacial score (nSPS) is 11.0. The molecule has 166 valence electrons. The molecule has 0 spiro atoms. The second-order valence-corrected chi connectivity index (χ2v) is 8.70. The molecular weight excluding hydrogens is 450 g/mol. The molecule has 6 rings (SSSR count). The van der Waals surface area contributed by atoms with Crippen molar-refractivity contribution in [1.82, 2.24) is 15.0 Å². The van der Waals surface area contributed by atoms with Gasteiger partial charge in [-0.2, -0.15) is 0 Å². The lowest BCUT2D eigenvalue weighted by Crippen LogP contribution is -1.92. The summed E-state index contributed by atoms with van der Waals surface area (Å²) >= 11 is 6.33. The highest BCUT2D eigenvalue weighted by Crippen LogP contribution is 2.30. The molecule has 0 aliphatic rings. The zero-order chi connectivity index (χ0) is 23.6. The molecule has 0 bridgehead atoms. The molecule has 0 atom stereocenters. The highest BCUT2D eigenvalue weighted by molar-refractivity contribution is 6.28. The molecule has 3 nitrogen and oxygen atoms in total. The molecule has 2 aromatic heterocycles. The van der Waals surface area contributed by atoms with Crippen molar-refractivity contribution in [1.29, 1.82) is 0 Å². The number of rotatable bonds is 4. The zero-order valence-electron chi connectivity index (χ0n) is 18.8. The Morgan fingerprint density at radius 3 is 1.69 bits per heavy atom. The first-order valence-electron chi connectivity index (χ1n) is 11.4. The monoisotopic (exact) mass is 469 g/mol. The van der Waals surface area contributed by atoms with Crippen LogP contribution < -0.4 is 0 Å². The third-order valence-corrected chi connectivity index (χ3v) is 6.31. The molecule has 4 heteroatoms. The molecule has 35 heavy (non-hydrogen) atoms. The summed E-state index contributed by atoms with van der Waals surface area (Å²) < 4.78 is 0. The Balaban J connectivity index is 1.29. The number of benzene rings is 4. The van der Waals surface area contributed by atoms with Gasteiger partial charge in [0.15, 0.2) is 0 Å². The minimum Gasteiger partial charge on any atom is -0.264 e. The van der Waals surface area contributed by atoms with Gasteiger partial charge in [-0.1, -0.05) is 91.0 Å². The average molecular weight is 470 g/mol. The van der Waals surface area contributed by atoms with Crippen molar-refractivity contribution in [3.8, 4) is 44.8 Å². The predicted molar refractivity (Wildman–Crippen MR) is 144 cm³/mol. The lowest BCUT2D eigenvalue weighted by Gasteiger charge is -2.09.